The Morgan fingerprint density at radius 2 is 2.00 bits per heavy atom. The fourth-order valence-corrected chi connectivity index (χ4v) is 3.18. The van der Waals surface area contributed by atoms with Gasteiger partial charge in [-0.25, -0.2) is 0 Å². The van der Waals surface area contributed by atoms with Crippen molar-refractivity contribution in [2.45, 2.75) is 52.6 Å². The quantitative estimate of drug-likeness (QED) is 0.553. The molecule has 0 heterocycles. The average Bonchev–Trinajstić information content (AvgIpc) is 2.29. The van der Waals surface area contributed by atoms with E-state index in [4.69, 9.17) is 4.74 Å². The Morgan fingerprint density at radius 1 is 1.29 bits per heavy atom. The number of fused-ring (bicyclic) bond motifs is 2. The van der Waals surface area contributed by atoms with Crippen LogP contribution in [0.1, 0.15) is 47.0 Å². The van der Waals surface area contributed by atoms with Crippen LogP contribution in [0.3, 0.4) is 0 Å². The van der Waals surface area contributed by atoms with Crippen LogP contribution in [0.25, 0.3) is 0 Å². The van der Waals surface area contributed by atoms with Crippen molar-refractivity contribution < 1.29 is 9.53 Å². The molecule has 0 saturated heterocycles. The standard InChI is InChI=1S/C15H24O2/c1-10(2)14(16)17-15(3,4)13-9-11-5-7-12(13)8-6-11/h5,7,10-13H,6,8-9H2,1-4H3. The van der Waals surface area contributed by atoms with E-state index in [0.717, 1.165) is 0 Å². The number of hydrogen-bond acceptors (Lipinski definition) is 2. The van der Waals surface area contributed by atoms with Crippen LogP contribution >= 0.6 is 0 Å². The van der Waals surface area contributed by atoms with Gasteiger partial charge >= 0.3 is 5.97 Å². The summed E-state index contributed by atoms with van der Waals surface area (Å²) in [6.07, 6.45) is 8.44. The lowest BCUT2D eigenvalue weighted by Crippen LogP contribution is -2.45. The highest BCUT2D eigenvalue weighted by Gasteiger charge is 2.43. The Bertz CT molecular complexity index is 328. The van der Waals surface area contributed by atoms with Gasteiger partial charge in [0.15, 0.2) is 0 Å². The van der Waals surface area contributed by atoms with Gasteiger partial charge in [-0.3, -0.25) is 4.79 Å². The van der Waals surface area contributed by atoms with Crippen LogP contribution in [-0.2, 0) is 9.53 Å². The molecule has 0 aromatic rings. The number of allylic oxidation sites excluding steroid dienone is 2. The normalized spacial score (nSPS) is 31.9. The van der Waals surface area contributed by atoms with E-state index in [1.165, 1.54) is 19.3 Å². The number of hydrogen-bond donors (Lipinski definition) is 0. The molecule has 3 unspecified atom stereocenters. The minimum Gasteiger partial charge on any atom is -0.459 e. The fraction of sp³-hybridized carbons (Fsp3) is 0.800. The van der Waals surface area contributed by atoms with E-state index in [9.17, 15) is 4.79 Å². The zero-order valence-corrected chi connectivity index (χ0v) is 11.4. The van der Waals surface area contributed by atoms with E-state index < -0.39 is 0 Å². The third-order valence-corrected chi connectivity index (χ3v) is 4.30. The summed E-state index contributed by atoms with van der Waals surface area (Å²) in [6, 6.07) is 0. The molecule has 3 rings (SSSR count). The molecule has 3 atom stereocenters. The molecule has 1 fully saturated rings. The minimum atomic E-state index is -0.324. The molecule has 0 N–H and O–H groups in total. The van der Waals surface area contributed by atoms with Crippen LogP contribution in [0.15, 0.2) is 12.2 Å². The summed E-state index contributed by atoms with van der Waals surface area (Å²) in [5, 5.41) is 0. The molecule has 17 heavy (non-hydrogen) atoms. The number of carbonyl (C=O) groups excluding carboxylic acids is 1. The maximum Gasteiger partial charge on any atom is 0.308 e. The third-order valence-electron chi connectivity index (χ3n) is 4.30. The van der Waals surface area contributed by atoms with Gasteiger partial charge in [-0.2, -0.15) is 0 Å². The zero-order valence-electron chi connectivity index (χ0n) is 11.4. The molecule has 2 heteroatoms. The van der Waals surface area contributed by atoms with E-state index in [2.05, 4.69) is 26.0 Å². The molecule has 0 amide bonds. The number of ether oxygens (including phenoxy) is 1. The first kappa shape index (κ1) is 12.7. The predicted molar refractivity (Wildman–Crippen MR) is 68.5 cm³/mol. The molecule has 0 spiro atoms. The Hall–Kier alpha value is -0.790. The lowest BCUT2D eigenvalue weighted by Gasteiger charge is -2.45. The molecule has 0 aliphatic heterocycles. The van der Waals surface area contributed by atoms with Gasteiger partial charge in [0.2, 0.25) is 0 Å². The number of carbonyl (C=O) groups is 1. The topological polar surface area (TPSA) is 26.3 Å². The van der Waals surface area contributed by atoms with Crippen LogP contribution in [0, 0.1) is 23.7 Å². The molecule has 0 aromatic heterocycles. The van der Waals surface area contributed by atoms with Gasteiger partial charge in [0.25, 0.3) is 0 Å². The molecule has 0 radical (unpaired) electrons. The van der Waals surface area contributed by atoms with E-state index in [-0.39, 0.29) is 17.5 Å². The largest absolute Gasteiger partial charge is 0.459 e. The average molecular weight is 236 g/mol. The van der Waals surface area contributed by atoms with E-state index in [1.54, 1.807) is 0 Å². The second-order valence-corrected chi connectivity index (χ2v) is 6.41. The Kier molecular flexibility index (Phi) is 3.33. The molecule has 2 bridgehead atoms. The predicted octanol–water partition coefficient (Wildman–Crippen LogP) is 3.57. The summed E-state index contributed by atoms with van der Waals surface area (Å²) >= 11 is 0. The molecular weight excluding hydrogens is 212 g/mol. The summed E-state index contributed by atoms with van der Waals surface area (Å²) in [5.41, 5.74) is -0.324. The molecule has 0 aromatic carbocycles. The van der Waals surface area contributed by atoms with Crippen LogP contribution in [0.5, 0.6) is 0 Å². The summed E-state index contributed by atoms with van der Waals surface area (Å²) < 4.78 is 5.72. The molecular formula is C15H24O2. The van der Waals surface area contributed by atoms with Crippen molar-refractivity contribution in [2.24, 2.45) is 23.7 Å². The van der Waals surface area contributed by atoms with Crippen LogP contribution in [0.2, 0.25) is 0 Å². The second-order valence-electron chi connectivity index (χ2n) is 6.41. The first-order valence-corrected chi connectivity index (χ1v) is 6.81. The Labute approximate surface area is 104 Å². The van der Waals surface area contributed by atoms with Crippen LogP contribution in [0.4, 0.5) is 0 Å². The van der Waals surface area contributed by atoms with E-state index >= 15 is 0 Å². The SMILES string of the molecule is CC(C)C(=O)OC(C)(C)C1CC2C=CC1CC2. The van der Waals surface area contributed by atoms with Crippen molar-refractivity contribution in [3.8, 4) is 0 Å². The lowest BCUT2D eigenvalue weighted by atomic mass is 9.64. The van der Waals surface area contributed by atoms with Gasteiger partial charge < -0.3 is 4.74 Å². The van der Waals surface area contributed by atoms with Crippen LogP contribution < -0.4 is 0 Å². The molecule has 3 aliphatic carbocycles. The highest BCUT2D eigenvalue weighted by atomic mass is 16.6. The number of esters is 1. The van der Waals surface area contributed by atoms with Gasteiger partial charge in [-0.1, -0.05) is 26.0 Å². The zero-order chi connectivity index (χ0) is 12.6. The monoisotopic (exact) mass is 236 g/mol. The fourth-order valence-electron chi connectivity index (χ4n) is 3.18. The third kappa shape index (κ3) is 2.56. The van der Waals surface area contributed by atoms with Gasteiger partial charge in [0.05, 0.1) is 5.92 Å². The van der Waals surface area contributed by atoms with Gasteiger partial charge in [-0.15, -0.1) is 0 Å². The first-order valence-electron chi connectivity index (χ1n) is 6.81. The Balaban J connectivity index is 2.06. The van der Waals surface area contributed by atoms with Crippen molar-refractivity contribution in [1.82, 2.24) is 0 Å². The van der Waals surface area contributed by atoms with Gasteiger partial charge in [0, 0.05) is 5.92 Å². The smallest absolute Gasteiger partial charge is 0.308 e. The second kappa shape index (κ2) is 4.47. The maximum absolute atomic E-state index is 11.8. The van der Waals surface area contributed by atoms with E-state index in [0.29, 0.717) is 17.8 Å². The lowest BCUT2D eigenvalue weighted by molar-refractivity contribution is -0.169. The van der Waals surface area contributed by atoms with Crippen LogP contribution in [-0.4, -0.2) is 11.6 Å². The van der Waals surface area contributed by atoms with Crippen molar-refractivity contribution in [1.29, 1.82) is 0 Å². The molecule has 2 nitrogen and oxygen atoms in total. The minimum absolute atomic E-state index is 0.0365. The maximum atomic E-state index is 11.8. The molecule has 3 aliphatic rings. The summed E-state index contributed by atoms with van der Waals surface area (Å²) in [4.78, 5) is 11.8. The summed E-state index contributed by atoms with van der Waals surface area (Å²) in [5.74, 6) is 1.71. The number of rotatable bonds is 3. The van der Waals surface area contributed by atoms with Crippen molar-refractivity contribution >= 4 is 5.97 Å². The molecule has 96 valence electrons. The highest BCUT2D eigenvalue weighted by molar-refractivity contribution is 5.72. The first-order chi connectivity index (χ1) is 7.90. The molecule has 1 saturated carbocycles. The Morgan fingerprint density at radius 3 is 2.41 bits per heavy atom. The van der Waals surface area contributed by atoms with Crippen molar-refractivity contribution in [2.75, 3.05) is 0 Å². The van der Waals surface area contributed by atoms with Gasteiger partial charge in [-0.05, 0) is 44.9 Å². The van der Waals surface area contributed by atoms with Gasteiger partial charge in [0.1, 0.15) is 5.60 Å². The summed E-state index contributed by atoms with van der Waals surface area (Å²) in [7, 11) is 0. The van der Waals surface area contributed by atoms with Crippen molar-refractivity contribution in [3.05, 3.63) is 12.2 Å². The highest BCUT2D eigenvalue weighted by Crippen LogP contribution is 2.46. The van der Waals surface area contributed by atoms with Crippen molar-refractivity contribution in [3.63, 3.8) is 0 Å². The van der Waals surface area contributed by atoms with E-state index in [1.807, 2.05) is 13.8 Å². The summed E-state index contributed by atoms with van der Waals surface area (Å²) in [6.45, 7) is 7.94.